The molecule has 34 heavy (non-hydrogen) atoms. The third-order valence-electron chi connectivity index (χ3n) is 6.00. The molecule has 0 saturated heterocycles. The standard InChI is InChI=1S/C27H18N6S/c1-16-18-15-19(25-28-20-11-5-6-12-21(20)29-25)24(17-9-3-2-4-10-17)31-26(18)33(32-16)27-30-22-13-7-8-14-23(22)34-27/h2-15H,1H3,(H,28,29). The first kappa shape index (κ1) is 19.1. The van der Waals surface area contributed by atoms with Crippen molar-refractivity contribution in [1.29, 1.82) is 0 Å². The first-order valence-electron chi connectivity index (χ1n) is 11.0. The summed E-state index contributed by atoms with van der Waals surface area (Å²) in [7, 11) is 0. The fourth-order valence-corrected chi connectivity index (χ4v) is 5.26. The maximum atomic E-state index is 5.17. The van der Waals surface area contributed by atoms with Gasteiger partial charge in [-0.2, -0.15) is 9.78 Å². The molecule has 0 spiro atoms. The van der Waals surface area contributed by atoms with E-state index >= 15 is 0 Å². The number of aromatic amines is 1. The Hall–Kier alpha value is -4.36. The van der Waals surface area contributed by atoms with Crippen LogP contribution in [-0.4, -0.2) is 29.7 Å². The molecule has 0 fully saturated rings. The van der Waals surface area contributed by atoms with Gasteiger partial charge >= 0.3 is 0 Å². The summed E-state index contributed by atoms with van der Waals surface area (Å²) in [5.74, 6) is 0.793. The third-order valence-corrected chi connectivity index (χ3v) is 7.01. The molecule has 162 valence electrons. The maximum Gasteiger partial charge on any atom is 0.213 e. The normalized spacial score (nSPS) is 11.7. The van der Waals surface area contributed by atoms with Crippen LogP contribution in [0.1, 0.15) is 5.69 Å². The van der Waals surface area contributed by atoms with Gasteiger partial charge in [0, 0.05) is 16.5 Å². The van der Waals surface area contributed by atoms with Gasteiger partial charge in [0.15, 0.2) is 5.65 Å². The van der Waals surface area contributed by atoms with Gasteiger partial charge in [0.2, 0.25) is 5.13 Å². The molecule has 0 radical (unpaired) electrons. The number of fused-ring (bicyclic) bond motifs is 3. The Bertz CT molecular complexity index is 1760. The summed E-state index contributed by atoms with van der Waals surface area (Å²) < 4.78 is 2.99. The minimum atomic E-state index is 0.787. The summed E-state index contributed by atoms with van der Waals surface area (Å²) in [6.45, 7) is 2.01. The van der Waals surface area contributed by atoms with E-state index in [4.69, 9.17) is 20.1 Å². The number of imidazole rings is 1. The molecule has 0 unspecified atom stereocenters. The molecule has 1 N–H and O–H groups in total. The summed E-state index contributed by atoms with van der Waals surface area (Å²) in [5.41, 5.74) is 7.41. The molecule has 0 amide bonds. The van der Waals surface area contributed by atoms with E-state index < -0.39 is 0 Å². The Labute approximate surface area is 198 Å². The van der Waals surface area contributed by atoms with E-state index in [9.17, 15) is 0 Å². The first-order valence-corrected chi connectivity index (χ1v) is 11.8. The number of pyridine rings is 1. The van der Waals surface area contributed by atoms with Crippen LogP contribution in [0.4, 0.5) is 0 Å². The lowest BCUT2D eigenvalue weighted by atomic mass is 10.0. The van der Waals surface area contributed by atoms with Crippen LogP contribution in [-0.2, 0) is 0 Å². The van der Waals surface area contributed by atoms with E-state index in [1.165, 1.54) is 0 Å². The summed E-state index contributed by atoms with van der Waals surface area (Å²) in [6.07, 6.45) is 0. The van der Waals surface area contributed by atoms with Gasteiger partial charge in [-0.25, -0.2) is 15.0 Å². The van der Waals surface area contributed by atoms with Gasteiger partial charge in [-0.3, -0.25) is 0 Å². The zero-order valence-corrected chi connectivity index (χ0v) is 19.0. The highest BCUT2D eigenvalue weighted by Gasteiger charge is 2.20. The Kier molecular flexibility index (Phi) is 4.13. The van der Waals surface area contributed by atoms with Crippen LogP contribution in [0.25, 0.3) is 60.1 Å². The number of hydrogen-bond donors (Lipinski definition) is 1. The summed E-state index contributed by atoms with van der Waals surface area (Å²) in [6, 6.07) is 28.6. The van der Waals surface area contributed by atoms with E-state index in [0.717, 1.165) is 65.8 Å². The third kappa shape index (κ3) is 2.94. The second kappa shape index (κ2) is 7.33. The zero-order chi connectivity index (χ0) is 22.6. The largest absolute Gasteiger partial charge is 0.338 e. The van der Waals surface area contributed by atoms with Crippen molar-refractivity contribution in [2.45, 2.75) is 6.92 Å². The van der Waals surface area contributed by atoms with Gasteiger partial charge in [-0.1, -0.05) is 65.9 Å². The monoisotopic (exact) mass is 458 g/mol. The molecule has 4 aromatic heterocycles. The van der Waals surface area contributed by atoms with Gasteiger partial charge in [-0.15, -0.1) is 0 Å². The van der Waals surface area contributed by atoms with Gasteiger partial charge < -0.3 is 4.98 Å². The van der Waals surface area contributed by atoms with Gasteiger partial charge in [0.05, 0.1) is 32.6 Å². The average Bonchev–Trinajstić information content (AvgIpc) is 3.58. The molecule has 0 bridgehead atoms. The molecule has 7 rings (SSSR count). The molecule has 0 atom stereocenters. The molecule has 6 nitrogen and oxygen atoms in total. The Balaban J connectivity index is 1.52. The predicted octanol–water partition coefficient (Wildman–Crippen LogP) is 6.55. The number of aryl methyl sites for hydroxylation is 1. The average molecular weight is 459 g/mol. The number of nitrogens with zero attached hydrogens (tertiary/aromatic N) is 5. The van der Waals surface area contributed by atoms with E-state index in [-0.39, 0.29) is 0 Å². The van der Waals surface area contributed by atoms with Crippen molar-refractivity contribution in [3.63, 3.8) is 0 Å². The summed E-state index contributed by atoms with van der Waals surface area (Å²) in [5, 5.41) is 6.63. The molecule has 0 saturated carbocycles. The molecule has 7 aromatic rings. The van der Waals surface area contributed by atoms with Crippen molar-refractivity contribution in [3.8, 4) is 27.8 Å². The molecular weight excluding hydrogens is 440 g/mol. The number of para-hydroxylation sites is 3. The smallest absolute Gasteiger partial charge is 0.213 e. The van der Waals surface area contributed by atoms with Crippen LogP contribution in [0, 0.1) is 6.92 Å². The van der Waals surface area contributed by atoms with Crippen molar-refractivity contribution < 1.29 is 0 Å². The van der Waals surface area contributed by atoms with Crippen LogP contribution in [0.3, 0.4) is 0 Å². The lowest BCUT2D eigenvalue weighted by Crippen LogP contribution is -1.99. The summed E-state index contributed by atoms with van der Waals surface area (Å²) in [4.78, 5) is 18.3. The minimum Gasteiger partial charge on any atom is -0.338 e. The predicted molar refractivity (Wildman–Crippen MR) is 137 cm³/mol. The molecule has 7 heteroatoms. The van der Waals surface area contributed by atoms with E-state index in [1.54, 1.807) is 11.3 Å². The highest BCUT2D eigenvalue weighted by atomic mass is 32.1. The minimum absolute atomic E-state index is 0.787. The van der Waals surface area contributed by atoms with Crippen molar-refractivity contribution >= 4 is 43.6 Å². The second-order valence-electron chi connectivity index (χ2n) is 8.19. The van der Waals surface area contributed by atoms with E-state index in [2.05, 4.69) is 29.2 Å². The number of hydrogen-bond acceptors (Lipinski definition) is 5. The number of aromatic nitrogens is 6. The van der Waals surface area contributed by atoms with Gasteiger partial charge in [0.1, 0.15) is 5.82 Å². The van der Waals surface area contributed by atoms with Crippen molar-refractivity contribution in [2.24, 2.45) is 0 Å². The topological polar surface area (TPSA) is 72.3 Å². The lowest BCUT2D eigenvalue weighted by molar-refractivity contribution is 0.871. The van der Waals surface area contributed by atoms with Crippen LogP contribution in [0.2, 0.25) is 0 Å². The lowest BCUT2D eigenvalue weighted by Gasteiger charge is -2.08. The zero-order valence-electron chi connectivity index (χ0n) is 18.2. The van der Waals surface area contributed by atoms with Crippen molar-refractivity contribution in [2.75, 3.05) is 0 Å². The highest BCUT2D eigenvalue weighted by molar-refractivity contribution is 7.20. The summed E-state index contributed by atoms with van der Waals surface area (Å²) >= 11 is 1.61. The van der Waals surface area contributed by atoms with Gasteiger partial charge in [0.25, 0.3) is 0 Å². The van der Waals surface area contributed by atoms with Gasteiger partial charge in [-0.05, 0) is 37.3 Å². The van der Waals surface area contributed by atoms with Crippen LogP contribution >= 0.6 is 11.3 Å². The number of H-pyrrole nitrogens is 1. The van der Waals surface area contributed by atoms with Crippen LogP contribution in [0.5, 0.6) is 0 Å². The number of rotatable bonds is 3. The second-order valence-corrected chi connectivity index (χ2v) is 9.19. The molecule has 0 aliphatic heterocycles. The Morgan fingerprint density at radius 2 is 1.56 bits per heavy atom. The molecule has 4 heterocycles. The van der Waals surface area contributed by atoms with E-state index in [0.29, 0.717) is 0 Å². The maximum absolute atomic E-state index is 5.17. The fourth-order valence-electron chi connectivity index (χ4n) is 4.34. The molecule has 3 aromatic carbocycles. The van der Waals surface area contributed by atoms with Crippen molar-refractivity contribution in [3.05, 3.63) is 90.6 Å². The molecule has 0 aliphatic carbocycles. The number of nitrogens with one attached hydrogen (secondary N) is 1. The number of benzene rings is 3. The van der Waals surface area contributed by atoms with Crippen molar-refractivity contribution in [1.82, 2.24) is 29.7 Å². The van der Waals surface area contributed by atoms with Crippen LogP contribution in [0.15, 0.2) is 84.9 Å². The molecule has 0 aliphatic rings. The Morgan fingerprint density at radius 1 is 0.794 bits per heavy atom. The fraction of sp³-hybridized carbons (Fsp3) is 0.0370. The highest BCUT2D eigenvalue weighted by Crippen LogP contribution is 2.35. The SMILES string of the molecule is Cc1nn(-c2nc3ccccc3s2)c2nc(-c3ccccc3)c(-c3nc4ccccc4[nH]3)cc12. The van der Waals surface area contributed by atoms with E-state index in [1.807, 2.05) is 72.3 Å². The Morgan fingerprint density at radius 3 is 2.38 bits per heavy atom. The van der Waals surface area contributed by atoms with Crippen LogP contribution < -0.4 is 0 Å². The quantitative estimate of drug-likeness (QED) is 0.326. The molecular formula is C27H18N6S. The number of thiazole rings is 1. The first-order chi connectivity index (χ1) is 16.7.